The van der Waals surface area contributed by atoms with Crippen LogP contribution < -0.4 is 10.6 Å². The maximum Gasteiger partial charge on any atom is 0.286 e. The number of hydrogen-bond donors (Lipinski definition) is 3. The lowest BCUT2D eigenvalue weighted by atomic mass is 9.99. The fraction of sp³-hybridized carbons (Fsp3) is 0.375. The summed E-state index contributed by atoms with van der Waals surface area (Å²) in [4.78, 5) is 23.4. The third-order valence-corrected chi connectivity index (χ3v) is 4.07. The molecule has 0 radical (unpaired) electrons. The van der Waals surface area contributed by atoms with E-state index in [9.17, 15) is 14.7 Å². The van der Waals surface area contributed by atoms with E-state index in [1.54, 1.807) is 19.1 Å². The van der Waals surface area contributed by atoms with E-state index in [-0.39, 0.29) is 30.5 Å². The molecule has 6 nitrogen and oxygen atoms in total. The van der Waals surface area contributed by atoms with Gasteiger partial charge in [-0.15, -0.1) is 0 Å². The van der Waals surface area contributed by atoms with Crippen molar-refractivity contribution >= 4 is 23.2 Å². The standard InChI is InChI=1S/C16H20N2O4S/c1-16(21,12-6-9-23-10-12)11-18-14(19)5-2-7-17-15(20)13-4-3-8-22-13/h3-4,6,8-10,21H,2,5,7,11H2,1H3,(H,17,20)(H,18,19). The normalized spacial score (nSPS) is 13.3. The monoisotopic (exact) mass is 336 g/mol. The summed E-state index contributed by atoms with van der Waals surface area (Å²) in [6.45, 7) is 2.20. The minimum absolute atomic E-state index is 0.154. The molecule has 0 aliphatic heterocycles. The van der Waals surface area contributed by atoms with Gasteiger partial charge in [0.2, 0.25) is 5.91 Å². The Morgan fingerprint density at radius 2 is 2.17 bits per heavy atom. The van der Waals surface area contributed by atoms with Crippen LogP contribution in [0.15, 0.2) is 39.6 Å². The molecule has 3 N–H and O–H groups in total. The van der Waals surface area contributed by atoms with Crippen LogP contribution in [0.5, 0.6) is 0 Å². The second-order valence-electron chi connectivity index (χ2n) is 5.40. The number of carbonyl (C=O) groups excluding carboxylic acids is 2. The van der Waals surface area contributed by atoms with Crippen LogP contribution in [0, 0.1) is 0 Å². The van der Waals surface area contributed by atoms with E-state index in [1.807, 2.05) is 16.8 Å². The second-order valence-corrected chi connectivity index (χ2v) is 6.18. The molecule has 2 aromatic rings. The molecule has 0 fully saturated rings. The Morgan fingerprint density at radius 1 is 1.35 bits per heavy atom. The summed E-state index contributed by atoms with van der Waals surface area (Å²) in [5.41, 5.74) is -0.295. The van der Waals surface area contributed by atoms with Gasteiger partial charge in [0.1, 0.15) is 5.60 Å². The van der Waals surface area contributed by atoms with Gasteiger partial charge in [-0.05, 0) is 47.9 Å². The zero-order valence-corrected chi connectivity index (χ0v) is 13.7. The first-order valence-corrected chi connectivity index (χ1v) is 8.27. The summed E-state index contributed by atoms with van der Waals surface area (Å²) in [6, 6.07) is 5.05. The molecule has 2 heterocycles. The lowest BCUT2D eigenvalue weighted by molar-refractivity contribution is -0.122. The Kier molecular flexibility index (Phi) is 5.95. The van der Waals surface area contributed by atoms with Crippen LogP contribution in [0.1, 0.15) is 35.9 Å². The minimum Gasteiger partial charge on any atom is -0.459 e. The molecule has 1 atom stereocenters. The molecule has 0 saturated heterocycles. The summed E-state index contributed by atoms with van der Waals surface area (Å²) >= 11 is 1.50. The maximum atomic E-state index is 11.8. The SMILES string of the molecule is CC(O)(CNC(=O)CCCNC(=O)c1ccco1)c1ccsc1. The molecule has 0 saturated carbocycles. The van der Waals surface area contributed by atoms with Crippen molar-refractivity contribution in [3.05, 3.63) is 46.5 Å². The summed E-state index contributed by atoms with van der Waals surface area (Å²) in [5, 5.41) is 19.4. The Morgan fingerprint density at radius 3 is 2.83 bits per heavy atom. The first-order valence-electron chi connectivity index (χ1n) is 7.32. The molecular formula is C16H20N2O4S. The number of amides is 2. The van der Waals surface area contributed by atoms with Crippen LogP contribution in [0.4, 0.5) is 0 Å². The molecule has 0 aliphatic rings. The van der Waals surface area contributed by atoms with Crippen LogP contribution in [0.2, 0.25) is 0 Å². The minimum atomic E-state index is -1.08. The van der Waals surface area contributed by atoms with Gasteiger partial charge >= 0.3 is 0 Å². The molecule has 7 heteroatoms. The smallest absolute Gasteiger partial charge is 0.286 e. The lowest BCUT2D eigenvalue weighted by Crippen LogP contribution is -2.38. The summed E-state index contributed by atoms with van der Waals surface area (Å²) in [5.74, 6) is -0.204. The van der Waals surface area contributed by atoms with E-state index in [1.165, 1.54) is 17.6 Å². The Labute approximate surface area is 138 Å². The topological polar surface area (TPSA) is 91.6 Å². The number of rotatable bonds is 8. The van der Waals surface area contributed by atoms with E-state index in [0.29, 0.717) is 13.0 Å². The van der Waals surface area contributed by atoms with Crippen LogP contribution in [-0.4, -0.2) is 30.0 Å². The molecule has 2 rings (SSSR count). The summed E-state index contributed by atoms with van der Waals surface area (Å²) < 4.78 is 4.97. The number of carbonyl (C=O) groups is 2. The Balaban J connectivity index is 1.63. The average Bonchev–Trinajstić information content (AvgIpc) is 3.22. The fourth-order valence-corrected chi connectivity index (χ4v) is 2.76. The third-order valence-electron chi connectivity index (χ3n) is 3.38. The zero-order valence-electron chi connectivity index (χ0n) is 12.9. The van der Waals surface area contributed by atoms with Gasteiger partial charge in [0.25, 0.3) is 5.91 Å². The van der Waals surface area contributed by atoms with Crippen molar-refractivity contribution in [2.75, 3.05) is 13.1 Å². The molecule has 0 aliphatic carbocycles. The van der Waals surface area contributed by atoms with Gasteiger partial charge in [0.15, 0.2) is 5.76 Å². The van der Waals surface area contributed by atoms with Crippen molar-refractivity contribution < 1.29 is 19.1 Å². The van der Waals surface area contributed by atoms with Crippen LogP contribution in [0.25, 0.3) is 0 Å². The van der Waals surface area contributed by atoms with Crippen molar-refractivity contribution in [2.45, 2.75) is 25.4 Å². The van der Waals surface area contributed by atoms with Gasteiger partial charge in [-0.2, -0.15) is 11.3 Å². The highest BCUT2D eigenvalue weighted by Crippen LogP contribution is 2.21. The van der Waals surface area contributed by atoms with E-state index in [2.05, 4.69) is 10.6 Å². The van der Waals surface area contributed by atoms with Gasteiger partial charge in [0.05, 0.1) is 12.8 Å². The fourth-order valence-electron chi connectivity index (χ4n) is 1.98. The van der Waals surface area contributed by atoms with Gasteiger partial charge in [-0.3, -0.25) is 9.59 Å². The van der Waals surface area contributed by atoms with Gasteiger partial charge in [0, 0.05) is 13.0 Å². The molecular weight excluding hydrogens is 316 g/mol. The van der Waals surface area contributed by atoms with E-state index in [0.717, 1.165) is 5.56 Å². The predicted octanol–water partition coefficient (Wildman–Crippen LogP) is 1.87. The van der Waals surface area contributed by atoms with E-state index >= 15 is 0 Å². The second kappa shape index (κ2) is 7.94. The molecule has 1 unspecified atom stereocenters. The molecule has 0 spiro atoms. The number of furan rings is 1. The number of hydrogen-bond acceptors (Lipinski definition) is 5. The highest BCUT2D eigenvalue weighted by molar-refractivity contribution is 7.08. The van der Waals surface area contributed by atoms with Crippen molar-refractivity contribution in [1.29, 1.82) is 0 Å². The molecule has 124 valence electrons. The average molecular weight is 336 g/mol. The Hall–Kier alpha value is -2.12. The van der Waals surface area contributed by atoms with Crippen LogP contribution in [0.3, 0.4) is 0 Å². The predicted molar refractivity (Wildman–Crippen MR) is 87.2 cm³/mol. The quantitative estimate of drug-likeness (QED) is 0.642. The highest BCUT2D eigenvalue weighted by atomic mass is 32.1. The van der Waals surface area contributed by atoms with E-state index in [4.69, 9.17) is 4.42 Å². The summed E-state index contributed by atoms with van der Waals surface area (Å²) in [7, 11) is 0. The number of nitrogens with one attached hydrogen (secondary N) is 2. The van der Waals surface area contributed by atoms with Crippen molar-refractivity contribution in [2.24, 2.45) is 0 Å². The van der Waals surface area contributed by atoms with Crippen LogP contribution in [-0.2, 0) is 10.4 Å². The first kappa shape index (κ1) is 17.2. The lowest BCUT2D eigenvalue weighted by Gasteiger charge is -2.22. The van der Waals surface area contributed by atoms with Gasteiger partial charge in [-0.1, -0.05) is 0 Å². The third kappa shape index (κ3) is 5.22. The molecule has 0 aromatic carbocycles. The Bertz CT molecular complexity index is 621. The van der Waals surface area contributed by atoms with Crippen LogP contribution >= 0.6 is 11.3 Å². The molecule has 0 bridgehead atoms. The van der Waals surface area contributed by atoms with Crippen molar-refractivity contribution in [1.82, 2.24) is 10.6 Å². The number of aliphatic hydroxyl groups is 1. The number of thiophene rings is 1. The largest absolute Gasteiger partial charge is 0.459 e. The first-order chi connectivity index (χ1) is 11.0. The van der Waals surface area contributed by atoms with Crippen molar-refractivity contribution in [3.63, 3.8) is 0 Å². The van der Waals surface area contributed by atoms with Gasteiger partial charge < -0.3 is 20.2 Å². The highest BCUT2D eigenvalue weighted by Gasteiger charge is 2.23. The van der Waals surface area contributed by atoms with E-state index < -0.39 is 5.60 Å². The molecule has 2 amide bonds. The summed E-state index contributed by atoms with van der Waals surface area (Å²) in [6.07, 6.45) is 2.22. The maximum absolute atomic E-state index is 11.8. The zero-order chi connectivity index (χ0) is 16.7. The molecule has 23 heavy (non-hydrogen) atoms. The van der Waals surface area contributed by atoms with Gasteiger partial charge in [-0.25, -0.2) is 0 Å². The molecule has 2 aromatic heterocycles. The van der Waals surface area contributed by atoms with Crippen molar-refractivity contribution in [3.8, 4) is 0 Å².